The Morgan fingerprint density at radius 2 is 1.67 bits per heavy atom. The van der Waals surface area contributed by atoms with Crippen LogP contribution in [0.5, 0.6) is 0 Å². The summed E-state index contributed by atoms with van der Waals surface area (Å²) >= 11 is 5.83. The first kappa shape index (κ1) is 26.3. The maximum atomic E-state index is 13.4. The van der Waals surface area contributed by atoms with Gasteiger partial charge in [0.2, 0.25) is 15.9 Å². The van der Waals surface area contributed by atoms with Crippen LogP contribution in [0.2, 0.25) is 5.02 Å². The van der Waals surface area contributed by atoms with Crippen LogP contribution in [0.4, 0.5) is 0 Å². The fourth-order valence-corrected chi connectivity index (χ4v) is 5.71. The largest absolute Gasteiger partial charge is 0.392 e. The molecule has 7 nitrogen and oxygen atoms in total. The quantitative estimate of drug-likeness (QED) is 0.323. The van der Waals surface area contributed by atoms with E-state index in [1.165, 1.54) is 24.3 Å². The van der Waals surface area contributed by atoms with Crippen molar-refractivity contribution in [3.63, 3.8) is 0 Å². The number of hydrogen-bond donors (Lipinski definition) is 4. The Morgan fingerprint density at radius 3 is 2.39 bits per heavy atom. The van der Waals surface area contributed by atoms with E-state index in [1.54, 1.807) is 0 Å². The molecule has 0 unspecified atom stereocenters. The third-order valence-electron chi connectivity index (χ3n) is 6.39. The van der Waals surface area contributed by atoms with Crippen LogP contribution < -0.4 is 10.0 Å². The standard InChI is InChI=1S/C27H29ClN2O5S/c28-21-10-12-23(13-11-21)36(34,35)29-17-22(31)15-20(14-18-6-2-1-3-7-18)27(33)30-26-24-9-5-4-8-19(24)16-25(26)32/h1-13,20,22,25-26,29,31-32H,14-17H2,(H,30,33)/t20-,22+,25+,26+/m1/s1. The van der Waals surface area contributed by atoms with E-state index in [0.29, 0.717) is 17.9 Å². The van der Waals surface area contributed by atoms with Crippen molar-refractivity contribution in [1.29, 1.82) is 0 Å². The minimum absolute atomic E-state index is 0.0339. The molecule has 0 saturated heterocycles. The Balaban J connectivity index is 1.44. The predicted molar refractivity (Wildman–Crippen MR) is 138 cm³/mol. The zero-order chi connectivity index (χ0) is 25.7. The highest BCUT2D eigenvalue weighted by molar-refractivity contribution is 7.89. The van der Waals surface area contributed by atoms with Crippen molar-refractivity contribution in [3.8, 4) is 0 Å². The second-order valence-corrected chi connectivity index (χ2v) is 11.2. The van der Waals surface area contributed by atoms with E-state index in [2.05, 4.69) is 10.0 Å². The molecule has 0 aliphatic heterocycles. The Bertz CT molecular complexity index is 1290. The molecule has 0 fully saturated rings. The molecule has 0 bridgehead atoms. The molecule has 1 amide bonds. The van der Waals surface area contributed by atoms with Crippen molar-refractivity contribution in [2.75, 3.05) is 6.54 Å². The van der Waals surface area contributed by atoms with E-state index in [0.717, 1.165) is 16.7 Å². The van der Waals surface area contributed by atoms with Crippen molar-refractivity contribution in [2.45, 2.75) is 42.4 Å². The Kier molecular flexibility index (Phi) is 8.43. The number of aliphatic hydroxyl groups excluding tert-OH is 2. The average molecular weight is 529 g/mol. The lowest BCUT2D eigenvalue weighted by atomic mass is 9.92. The number of benzene rings is 3. The summed E-state index contributed by atoms with van der Waals surface area (Å²) in [6, 6.07) is 22.2. The van der Waals surface area contributed by atoms with E-state index in [1.807, 2.05) is 54.6 Å². The highest BCUT2D eigenvalue weighted by Crippen LogP contribution is 2.32. The molecule has 0 radical (unpaired) electrons. The smallest absolute Gasteiger partial charge is 0.240 e. The molecule has 3 aromatic rings. The van der Waals surface area contributed by atoms with Gasteiger partial charge in [-0.25, -0.2) is 13.1 Å². The molecule has 36 heavy (non-hydrogen) atoms. The summed E-state index contributed by atoms with van der Waals surface area (Å²) in [5.74, 6) is -0.943. The third kappa shape index (κ3) is 6.52. The lowest BCUT2D eigenvalue weighted by molar-refractivity contribution is -0.127. The summed E-state index contributed by atoms with van der Waals surface area (Å²) in [5, 5.41) is 24.6. The van der Waals surface area contributed by atoms with Crippen molar-refractivity contribution >= 4 is 27.5 Å². The monoisotopic (exact) mass is 528 g/mol. The molecule has 0 spiro atoms. The number of aliphatic hydroxyl groups is 2. The summed E-state index contributed by atoms with van der Waals surface area (Å²) in [6.07, 6.45) is -0.987. The maximum Gasteiger partial charge on any atom is 0.240 e. The molecule has 0 heterocycles. The molecule has 4 rings (SSSR count). The normalized spacial score (nSPS) is 18.9. The Labute approximate surface area is 216 Å². The lowest BCUT2D eigenvalue weighted by Crippen LogP contribution is -2.41. The van der Waals surface area contributed by atoms with E-state index in [9.17, 15) is 23.4 Å². The molecular weight excluding hydrogens is 500 g/mol. The topological polar surface area (TPSA) is 116 Å². The minimum atomic E-state index is -3.85. The number of rotatable bonds is 10. The molecule has 1 aliphatic carbocycles. The summed E-state index contributed by atoms with van der Waals surface area (Å²) in [5.41, 5.74) is 2.79. The van der Waals surface area contributed by atoms with Gasteiger partial charge in [0.15, 0.2) is 0 Å². The number of nitrogens with one attached hydrogen (secondary N) is 2. The molecule has 9 heteroatoms. The van der Waals surface area contributed by atoms with Gasteiger partial charge >= 0.3 is 0 Å². The number of halogens is 1. The summed E-state index contributed by atoms with van der Waals surface area (Å²) < 4.78 is 27.5. The van der Waals surface area contributed by atoms with Crippen molar-refractivity contribution in [3.05, 3.63) is 101 Å². The number of amides is 1. The van der Waals surface area contributed by atoms with Crippen LogP contribution in [-0.4, -0.2) is 43.3 Å². The molecule has 190 valence electrons. The number of carbonyl (C=O) groups is 1. The van der Waals surface area contributed by atoms with Gasteiger partial charge in [-0.2, -0.15) is 0 Å². The first-order chi connectivity index (χ1) is 17.2. The summed E-state index contributed by atoms with van der Waals surface area (Å²) in [7, 11) is -3.85. The van der Waals surface area contributed by atoms with Gasteiger partial charge in [-0.05, 0) is 53.8 Å². The average Bonchev–Trinajstić information content (AvgIpc) is 3.18. The fourth-order valence-electron chi connectivity index (χ4n) is 4.52. The highest BCUT2D eigenvalue weighted by atomic mass is 35.5. The minimum Gasteiger partial charge on any atom is -0.392 e. The van der Waals surface area contributed by atoms with Gasteiger partial charge in [0.25, 0.3) is 0 Å². The van der Waals surface area contributed by atoms with Crippen LogP contribution in [0.3, 0.4) is 0 Å². The molecule has 4 atom stereocenters. The van der Waals surface area contributed by atoms with Gasteiger partial charge in [-0.1, -0.05) is 66.2 Å². The SMILES string of the molecule is O=C(N[C@H]1c2ccccc2C[C@@H]1O)[C@H](Cc1ccccc1)C[C@H](O)CNS(=O)(=O)c1ccc(Cl)cc1. The lowest BCUT2D eigenvalue weighted by Gasteiger charge is -2.24. The van der Waals surface area contributed by atoms with Gasteiger partial charge in [0.05, 0.1) is 23.1 Å². The first-order valence-corrected chi connectivity index (χ1v) is 13.6. The van der Waals surface area contributed by atoms with Crippen LogP contribution in [0.1, 0.15) is 29.2 Å². The van der Waals surface area contributed by atoms with E-state index >= 15 is 0 Å². The molecule has 3 aromatic carbocycles. The Morgan fingerprint density at radius 1 is 1.00 bits per heavy atom. The second-order valence-electron chi connectivity index (χ2n) is 9.04. The zero-order valence-electron chi connectivity index (χ0n) is 19.5. The van der Waals surface area contributed by atoms with Crippen molar-refractivity contribution in [1.82, 2.24) is 10.0 Å². The van der Waals surface area contributed by atoms with Crippen LogP contribution in [0.25, 0.3) is 0 Å². The van der Waals surface area contributed by atoms with Crippen molar-refractivity contribution in [2.24, 2.45) is 5.92 Å². The number of carbonyl (C=O) groups excluding carboxylic acids is 1. The second kappa shape index (κ2) is 11.5. The molecule has 1 aliphatic rings. The van der Waals surface area contributed by atoms with E-state index < -0.39 is 34.2 Å². The molecule has 0 saturated carbocycles. The van der Waals surface area contributed by atoms with Crippen LogP contribution in [0.15, 0.2) is 83.8 Å². The number of fused-ring (bicyclic) bond motifs is 1. The van der Waals surface area contributed by atoms with E-state index in [-0.39, 0.29) is 23.8 Å². The van der Waals surface area contributed by atoms with E-state index in [4.69, 9.17) is 11.6 Å². The Hall–Kier alpha value is -2.75. The van der Waals surface area contributed by atoms with Crippen LogP contribution in [-0.2, 0) is 27.7 Å². The number of hydrogen-bond acceptors (Lipinski definition) is 5. The van der Waals surface area contributed by atoms with Gasteiger partial charge < -0.3 is 15.5 Å². The number of sulfonamides is 1. The van der Waals surface area contributed by atoms with Gasteiger partial charge in [0, 0.05) is 23.9 Å². The van der Waals surface area contributed by atoms with Crippen LogP contribution in [0, 0.1) is 5.92 Å². The predicted octanol–water partition coefficient (Wildman–Crippen LogP) is 3.00. The highest BCUT2D eigenvalue weighted by Gasteiger charge is 2.34. The summed E-state index contributed by atoms with van der Waals surface area (Å²) in [4.78, 5) is 13.4. The summed E-state index contributed by atoms with van der Waals surface area (Å²) in [6.45, 7) is -0.252. The molecular formula is C27H29ClN2O5S. The van der Waals surface area contributed by atoms with Crippen molar-refractivity contribution < 1.29 is 23.4 Å². The molecule has 4 N–H and O–H groups in total. The fraction of sp³-hybridized carbons (Fsp3) is 0.296. The molecule has 0 aromatic heterocycles. The van der Waals surface area contributed by atoms with Gasteiger partial charge in [-0.3, -0.25) is 4.79 Å². The third-order valence-corrected chi connectivity index (χ3v) is 8.08. The van der Waals surface area contributed by atoms with Gasteiger partial charge in [0.1, 0.15) is 0 Å². The van der Waals surface area contributed by atoms with Gasteiger partial charge in [-0.15, -0.1) is 0 Å². The van der Waals surface area contributed by atoms with Crippen LogP contribution >= 0.6 is 11.6 Å². The zero-order valence-corrected chi connectivity index (χ0v) is 21.1. The first-order valence-electron chi connectivity index (χ1n) is 11.8. The maximum absolute atomic E-state index is 13.4.